The zero-order valence-electron chi connectivity index (χ0n) is 15.6. The van der Waals surface area contributed by atoms with Crippen LogP contribution < -0.4 is 21.3 Å². The van der Waals surface area contributed by atoms with Crippen LogP contribution in [0.2, 0.25) is 0 Å². The van der Waals surface area contributed by atoms with E-state index in [1.807, 2.05) is 4.98 Å². The van der Waals surface area contributed by atoms with Crippen molar-refractivity contribution in [3.8, 4) is 0 Å². The monoisotopic (exact) mass is 414 g/mol. The first-order chi connectivity index (χ1) is 13.6. The molecule has 2 aromatic carbocycles. The molecule has 0 saturated heterocycles. The number of para-hydroxylation sites is 1. The Bertz CT molecular complexity index is 1310. The zero-order valence-corrected chi connectivity index (χ0v) is 16.4. The van der Waals surface area contributed by atoms with Crippen LogP contribution in [-0.4, -0.2) is 30.8 Å². The Labute approximate surface area is 166 Å². The number of sulfonamides is 1. The number of nitrogens with zero attached hydrogens (tertiary/aromatic N) is 2. The van der Waals surface area contributed by atoms with Gasteiger partial charge in [0.2, 0.25) is 5.78 Å². The summed E-state index contributed by atoms with van der Waals surface area (Å²) in [5.74, 6) is -1.10. The summed E-state index contributed by atoms with van der Waals surface area (Å²) in [5.41, 5.74) is 4.03. The lowest BCUT2D eigenvalue weighted by Gasteiger charge is -2.19. The van der Waals surface area contributed by atoms with E-state index in [1.165, 1.54) is 38.4 Å². The minimum Gasteiger partial charge on any atom is -0.384 e. The van der Waals surface area contributed by atoms with Crippen LogP contribution >= 0.6 is 0 Å². The van der Waals surface area contributed by atoms with Crippen molar-refractivity contribution in [1.82, 2.24) is 9.55 Å². The van der Waals surface area contributed by atoms with Gasteiger partial charge in [0.1, 0.15) is 11.4 Å². The van der Waals surface area contributed by atoms with E-state index in [4.69, 9.17) is 5.73 Å². The second-order valence-electron chi connectivity index (χ2n) is 6.24. The van der Waals surface area contributed by atoms with E-state index in [0.717, 1.165) is 8.87 Å². The molecule has 29 heavy (non-hydrogen) atoms. The lowest BCUT2D eigenvalue weighted by Crippen LogP contribution is -2.35. The van der Waals surface area contributed by atoms with E-state index < -0.39 is 32.6 Å². The molecule has 1 heterocycles. The summed E-state index contributed by atoms with van der Waals surface area (Å²) >= 11 is 0. The van der Waals surface area contributed by atoms with Crippen LogP contribution in [0.5, 0.6) is 0 Å². The van der Waals surface area contributed by atoms with Crippen molar-refractivity contribution in [2.75, 3.05) is 17.1 Å². The molecule has 0 amide bonds. The number of anilines is 2. The first-order valence-electron chi connectivity index (χ1n) is 8.42. The van der Waals surface area contributed by atoms with Crippen LogP contribution in [-0.2, 0) is 17.1 Å². The topological polar surface area (TPSA) is 135 Å². The van der Waals surface area contributed by atoms with Crippen molar-refractivity contribution in [2.45, 2.75) is 4.90 Å². The second kappa shape index (κ2) is 7.40. The predicted molar refractivity (Wildman–Crippen MR) is 109 cm³/mol. The summed E-state index contributed by atoms with van der Waals surface area (Å²) < 4.78 is 27.9. The standard InChI is InChI=1S/C19H18N4O5S/c1-22-17(20)15(18(25)21-19(22)26)16(24)12-7-6-10-14(11-12)29(27,28)23(2)13-8-4-3-5-9-13/h3-11H,20H2,1-2H3,(H,21,25,26). The van der Waals surface area contributed by atoms with Crippen LogP contribution in [0.25, 0.3) is 0 Å². The molecule has 3 N–H and O–H groups in total. The van der Waals surface area contributed by atoms with Gasteiger partial charge in [0.05, 0.1) is 10.6 Å². The fourth-order valence-electron chi connectivity index (χ4n) is 2.73. The highest BCUT2D eigenvalue weighted by atomic mass is 32.2. The van der Waals surface area contributed by atoms with Gasteiger partial charge in [-0.15, -0.1) is 0 Å². The third kappa shape index (κ3) is 3.57. The van der Waals surface area contributed by atoms with Crippen molar-refractivity contribution in [2.24, 2.45) is 7.05 Å². The van der Waals surface area contributed by atoms with Crippen molar-refractivity contribution >= 4 is 27.3 Å². The lowest BCUT2D eigenvalue weighted by atomic mass is 10.1. The third-order valence-corrected chi connectivity index (χ3v) is 6.25. The highest BCUT2D eigenvalue weighted by molar-refractivity contribution is 7.92. The lowest BCUT2D eigenvalue weighted by molar-refractivity contribution is 0.103. The van der Waals surface area contributed by atoms with Gasteiger partial charge in [-0.25, -0.2) is 13.2 Å². The molecular weight excluding hydrogens is 396 g/mol. The van der Waals surface area contributed by atoms with Gasteiger partial charge in [-0.2, -0.15) is 0 Å². The minimum atomic E-state index is -3.96. The molecule has 1 aromatic heterocycles. The number of nitrogens with one attached hydrogen (secondary N) is 1. The van der Waals surface area contributed by atoms with Gasteiger partial charge in [0.15, 0.2) is 0 Å². The highest BCUT2D eigenvalue weighted by Gasteiger charge is 2.24. The number of rotatable bonds is 5. The fraction of sp³-hybridized carbons (Fsp3) is 0.105. The van der Waals surface area contributed by atoms with E-state index in [0.29, 0.717) is 5.69 Å². The number of aromatic amines is 1. The molecule has 10 heteroatoms. The molecule has 0 saturated carbocycles. The number of ketones is 1. The van der Waals surface area contributed by atoms with Crippen LogP contribution in [0.3, 0.4) is 0 Å². The molecule has 0 fully saturated rings. The normalized spacial score (nSPS) is 11.2. The van der Waals surface area contributed by atoms with Gasteiger partial charge < -0.3 is 5.73 Å². The number of carbonyl (C=O) groups is 1. The smallest absolute Gasteiger partial charge is 0.329 e. The van der Waals surface area contributed by atoms with Crippen molar-refractivity contribution in [1.29, 1.82) is 0 Å². The number of H-pyrrole nitrogens is 1. The van der Waals surface area contributed by atoms with Crippen LogP contribution in [0.15, 0.2) is 69.1 Å². The molecule has 3 rings (SSSR count). The van der Waals surface area contributed by atoms with E-state index >= 15 is 0 Å². The molecule has 0 atom stereocenters. The molecule has 0 radical (unpaired) electrons. The number of nitrogen functional groups attached to an aromatic ring is 1. The maximum atomic E-state index is 13.0. The first kappa shape index (κ1) is 20.1. The maximum absolute atomic E-state index is 13.0. The van der Waals surface area contributed by atoms with E-state index in [1.54, 1.807) is 30.3 Å². The van der Waals surface area contributed by atoms with Gasteiger partial charge >= 0.3 is 5.69 Å². The van der Waals surface area contributed by atoms with Gasteiger partial charge in [-0.05, 0) is 24.3 Å². The molecule has 9 nitrogen and oxygen atoms in total. The SMILES string of the molecule is CN(c1ccccc1)S(=O)(=O)c1cccc(C(=O)c2c(N)n(C)c(=O)[nH]c2=O)c1. The van der Waals surface area contributed by atoms with Gasteiger partial charge in [0, 0.05) is 19.7 Å². The molecule has 0 bridgehead atoms. The molecule has 0 aliphatic rings. The second-order valence-corrected chi connectivity index (χ2v) is 8.21. The number of hydrogen-bond donors (Lipinski definition) is 2. The largest absolute Gasteiger partial charge is 0.384 e. The summed E-state index contributed by atoms with van der Waals surface area (Å²) in [6.07, 6.45) is 0. The third-order valence-electron chi connectivity index (χ3n) is 4.47. The summed E-state index contributed by atoms with van der Waals surface area (Å²) in [7, 11) is -1.25. The number of hydrogen-bond acceptors (Lipinski definition) is 6. The molecule has 150 valence electrons. The Balaban J connectivity index is 2.07. The predicted octanol–water partition coefficient (Wildman–Crippen LogP) is 0.712. The molecule has 0 aliphatic heterocycles. The average molecular weight is 414 g/mol. The zero-order chi connectivity index (χ0) is 21.3. The quantitative estimate of drug-likeness (QED) is 0.590. The highest BCUT2D eigenvalue weighted by Crippen LogP contribution is 2.23. The van der Waals surface area contributed by atoms with Gasteiger partial charge in [-0.3, -0.25) is 23.4 Å². The molecule has 0 spiro atoms. The van der Waals surface area contributed by atoms with Crippen molar-refractivity contribution in [3.63, 3.8) is 0 Å². The van der Waals surface area contributed by atoms with Gasteiger partial charge in [0.25, 0.3) is 15.6 Å². The van der Waals surface area contributed by atoms with Gasteiger partial charge in [-0.1, -0.05) is 30.3 Å². The van der Waals surface area contributed by atoms with Crippen LogP contribution in [0.1, 0.15) is 15.9 Å². The summed E-state index contributed by atoms with van der Waals surface area (Å²) in [6.45, 7) is 0. The molecular formula is C19H18N4O5S. The van der Waals surface area contributed by atoms with Crippen LogP contribution in [0.4, 0.5) is 11.5 Å². The summed E-state index contributed by atoms with van der Waals surface area (Å²) in [5, 5.41) is 0. The number of nitrogens with two attached hydrogens (primary N) is 1. The molecule has 0 unspecified atom stereocenters. The number of benzene rings is 2. The van der Waals surface area contributed by atoms with E-state index in [9.17, 15) is 22.8 Å². The Morgan fingerprint density at radius 1 is 1.07 bits per heavy atom. The average Bonchev–Trinajstić information content (AvgIpc) is 2.72. The van der Waals surface area contributed by atoms with E-state index in [2.05, 4.69) is 0 Å². The number of aromatic nitrogens is 2. The Morgan fingerprint density at radius 2 is 1.72 bits per heavy atom. The molecule has 0 aliphatic carbocycles. The maximum Gasteiger partial charge on any atom is 0.329 e. The Morgan fingerprint density at radius 3 is 2.38 bits per heavy atom. The van der Waals surface area contributed by atoms with Crippen molar-refractivity contribution < 1.29 is 13.2 Å². The summed E-state index contributed by atoms with van der Waals surface area (Å²) in [4.78, 5) is 38.4. The molecule has 3 aromatic rings. The number of carbonyl (C=O) groups excluding carboxylic acids is 1. The van der Waals surface area contributed by atoms with Crippen molar-refractivity contribution in [3.05, 3.63) is 86.6 Å². The minimum absolute atomic E-state index is 0.0524. The first-order valence-corrected chi connectivity index (χ1v) is 9.86. The Kier molecular flexibility index (Phi) is 5.12. The van der Waals surface area contributed by atoms with E-state index in [-0.39, 0.29) is 16.3 Å². The summed E-state index contributed by atoms with van der Waals surface area (Å²) in [6, 6.07) is 13.7. The fourth-order valence-corrected chi connectivity index (χ4v) is 3.98. The Hall–Kier alpha value is -3.66. The van der Waals surface area contributed by atoms with Crippen LogP contribution in [0, 0.1) is 0 Å².